The van der Waals surface area contributed by atoms with Crippen molar-refractivity contribution in [1.82, 2.24) is 0 Å². The van der Waals surface area contributed by atoms with Gasteiger partial charge in [0.1, 0.15) is 5.67 Å². The predicted molar refractivity (Wildman–Crippen MR) is 55.0 cm³/mol. The molecule has 1 aliphatic carbocycles. The van der Waals surface area contributed by atoms with E-state index in [0.717, 1.165) is 11.3 Å². The van der Waals surface area contributed by atoms with E-state index in [0.29, 0.717) is 5.92 Å². The molecule has 0 bridgehead atoms. The molecule has 0 spiro atoms. The molecule has 1 fully saturated rings. The van der Waals surface area contributed by atoms with Crippen molar-refractivity contribution in [2.75, 3.05) is 7.05 Å². The van der Waals surface area contributed by atoms with E-state index in [-0.39, 0.29) is 0 Å². The number of halogens is 1. The first-order valence-corrected chi connectivity index (χ1v) is 4.79. The summed E-state index contributed by atoms with van der Waals surface area (Å²) in [6.45, 7) is 4.99. The largest absolute Gasteiger partial charge is 0.293 e. The summed E-state index contributed by atoms with van der Waals surface area (Å²) in [7, 11) is 1.78. The summed E-state index contributed by atoms with van der Waals surface area (Å²) < 4.78 is 13.4. The molecule has 0 heterocycles. The van der Waals surface area contributed by atoms with Crippen molar-refractivity contribution in [1.29, 1.82) is 0 Å². The third kappa shape index (κ3) is 2.94. The Morgan fingerprint density at radius 2 is 2.00 bits per heavy atom. The summed E-state index contributed by atoms with van der Waals surface area (Å²) in [6, 6.07) is 0. The first-order valence-electron chi connectivity index (χ1n) is 4.79. The topological polar surface area (TPSA) is 12.4 Å². The van der Waals surface area contributed by atoms with E-state index in [4.69, 9.17) is 0 Å². The Balaban J connectivity index is 2.73. The summed E-state index contributed by atoms with van der Waals surface area (Å²) in [5.74, 6) is 0.599. The van der Waals surface area contributed by atoms with Gasteiger partial charge in [-0.1, -0.05) is 0 Å². The van der Waals surface area contributed by atoms with Crippen LogP contribution in [0.3, 0.4) is 0 Å². The molecule has 1 rings (SSSR count). The lowest BCUT2D eigenvalue weighted by molar-refractivity contribution is 0.268. The molecule has 1 aliphatic rings. The number of allylic oxidation sites excluding steroid dienone is 2. The maximum absolute atomic E-state index is 13.4. The molecule has 0 aromatic carbocycles. The van der Waals surface area contributed by atoms with Crippen molar-refractivity contribution in [3.05, 3.63) is 11.6 Å². The molecular formula is C11H18FN. The zero-order chi connectivity index (χ0) is 10.1. The van der Waals surface area contributed by atoms with E-state index >= 15 is 0 Å². The molecule has 0 atom stereocenters. The van der Waals surface area contributed by atoms with Crippen LogP contribution in [0.5, 0.6) is 0 Å². The highest BCUT2D eigenvalue weighted by Gasteiger charge is 2.27. The fourth-order valence-corrected chi connectivity index (χ4v) is 1.14. The highest BCUT2D eigenvalue weighted by molar-refractivity contribution is 5.99. The Kier molecular flexibility index (Phi) is 2.89. The number of hydrogen-bond donors (Lipinski definition) is 0. The number of alkyl halides is 1. The second-order valence-electron chi connectivity index (χ2n) is 4.22. The van der Waals surface area contributed by atoms with Crippen molar-refractivity contribution in [2.45, 2.75) is 39.3 Å². The van der Waals surface area contributed by atoms with Gasteiger partial charge in [0, 0.05) is 18.7 Å². The number of rotatable bonds is 3. The van der Waals surface area contributed by atoms with Gasteiger partial charge < -0.3 is 0 Å². The fourth-order valence-electron chi connectivity index (χ4n) is 1.14. The summed E-state index contributed by atoms with van der Waals surface area (Å²) in [5, 5.41) is 0. The van der Waals surface area contributed by atoms with E-state index in [9.17, 15) is 4.39 Å². The van der Waals surface area contributed by atoms with E-state index in [1.165, 1.54) is 12.8 Å². The first-order chi connectivity index (χ1) is 5.95. The van der Waals surface area contributed by atoms with Gasteiger partial charge in [-0.15, -0.1) is 0 Å². The maximum Gasteiger partial charge on any atom is 0.126 e. The number of hydrogen-bond acceptors (Lipinski definition) is 1. The van der Waals surface area contributed by atoms with Crippen LogP contribution in [0.15, 0.2) is 16.6 Å². The van der Waals surface area contributed by atoms with E-state index in [2.05, 4.69) is 4.99 Å². The van der Waals surface area contributed by atoms with E-state index in [1.807, 2.05) is 13.0 Å². The molecule has 0 N–H and O–H groups in total. The Labute approximate surface area is 79.8 Å². The second-order valence-corrected chi connectivity index (χ2v) is 4.22. The van der Waals surface area contributed by atoms with Crippen LogP contribution >= 0.6 is 0 Å². The third-order valence-electron chi connectivity index (χ3n) is 2.56. The van der Waals surface area contributed by atoms with Gasteiger partial charge in [-0.25, -0.2) is 4.39 Å². The molecule has 0 aromatic heterocycles. The summed E-state index contributed by atoms with van der Waals surface area (Å²) in [4.78, 5) is 4.18. The van der Waals surface area contributed by atoms with Gasteiger partial charge >= 0.3 is 0 Å². The van der Waals surface area contributed by atoms with E-state index in [1.54, 1.807) is 20.9 Å². The van der Waals surface area contributed by atoms with Crippen LogP contribution in [0.2, 0.25) is 0 Å². The van der Waals surface area contributed by atoms with Gasteiger partial charge in [-0.2, -0.15) is 0 Å². The quantitative estimate of drug-likeness (QED) is 0.596. The Morgan fingerprint density at radius 3 is 2.31 bits per heavy atom. The first kappa shape index (κ1) is 10.4. The van der Waals surface area contributed by atoms with Crippen LogP contribution < -0.4 is 0 Å². The Hall–Kier alpha value is -0.660. The molecule has 0 unspecified atom stereocenters. The molecule has 0 radical (unpaired) electrons. The average Bonchev–Trinajstić information content (AvgIpc) is 2.80. The highest BCUT2D eigenvalue weighted by atomic mass is 19.1. The molecule has 2 heteroatoms. The minimum Gasteiger partial charge on any atom is -0.293 e. The monoisotopic (exact) mass is 183 g/mol. The van der Waals surface area contributed by atoms with Crippen LogP contribution in [-0.4, -0.2) is 18.4 Å². The zero-order valence-electron chi connectivity index (χ0n) is 8.89. The maximum atomic E-state index is 13.4. The Bertz CT molecular complexity index is 241. The molecule has 1 nitrogen and oxygen atoms in total. The molecule has 1 saturated carbocycles. The van der Waals surface area contributed by atoms with Crippen LogP contribution in [0.25, 0.3) is 0 Å². The minimum atomic E-state index is -1.22. The van der Waals surface area contributed by atoms with Crippen molar-refractivity contribution in [2.24, 2.45) is 10.9 Å². The number of aliphatic imine (C=N–C) groups is 1. The molecule has 0 saturated heterocycles. The van der Waals surface area contributed by atoms with Crippen molar-refractivity contribution >= 4 is 5.71 Å². The van der Waals surface area contributed by atoms with Crippen LogP contribution in [0, 0.1) is 5.92 Å². The van der Waals surface area contributed by atoms with Crippen molar-refractivity contribution in [3.8, 4) is 0 Å². The van der Waals surface area contributed by atoms with Crippen molar-refractivity contribution in [3.63, 3.8) is 0 Å². The van der Waals surface area contributed by atoms with Crippen LogP contribution in [0.1, 0.15) is 33.6 Å². The predicted octanol–water partition coefficient (Wildman–Crippen LogP) is 3.16. The van der Waals surface area contributed by atoms with Gasteiger partial charge in [0.25, 0.3) is 0 Å². The molecule has 13 heavy (non-hydrogen) atoms. The summed E-state index contributed by atoms with van der Waals surface area (Å²) in [5.41, 5.74) is 0.605. The minimum absolute atomic E-state index is 0.599. The van der Waals surface area contributed by atoms with Crippen molar-refractivity contribution < 1.29 is 4.39 Å². The molecular weight excluding hydrogens is 165 g/mol. The SMILES string of the molecule is CN=C(/C=C(\C)C(C)(C)F)C1CC1. The lowest BCUT2D eigenvalue weighted by Crippen LogP contribution is -2.15. The van der Waals surface area contributed by atoms with Crippen LogP contribution in [0.4, 0.5) is 4.39 Å². The van der Waals surface area contributed by atoms with Gasteiger partial charge in [0.2, 0.25) is 0 Å². The van der Waals surface area contributed by atoms with Gasteiger partial charge in [-0.05, 0) is 45.3 Å². The lowest BCUT2D eigenvalue weighted by atomic mass is 9.99. The van der Waals surface area contributed by atoms with Gasteiger partial charge in [0.15, 0.2) is 0 Å². The normalized spacial score (nSPS) is 20.7. The second kappa shape index (κ2) is 3.60. The molecule has 74 valence electrons. The zero-order valence-corrected chi connectivity index (χ0v) is 8.89. The molecule has 0 aliphatic heterocycles. The molecule has 0 amide bonds. The fraction of sp³-hybridized carbons (Fsp3) is 0.727. The average molecular weight is 183 g/mol. The van der Waals surface area contributed by atoms with Crippen LogP contribution in [-0.2, 0) is 0 Å². The van der Waals surface area contributed by atoms with Gasteiger partial charge in [-0.3, -0.25) is 4.99 Å². The standard InChI is InChI=1S/C11H18FN/c1-8(11(2,3)12)7-10(13-4)9-5-6-9/h7,9H,5-6H2,1-4H3/b8-7+,13-10?. The number of nitrogens with zero attached hydrogens (tertiary/aromatic N) is 1. The smallest absolute Gasteiger partial charge is 0.126 e. The Morgan fingerprint density at radius 1 is 1.46 bits per heavy atom. The summed E-state index contributed by atoms with van der Waals surface area (Å²) in [6.07, 6.45) is 4.32. The lowest BCUT2D eigenvalue weighted by Gasteiger charge is -2.15. The van der Waals surface area contributed by atoms with Gasteiger partial charge in [0.05, 0.1) is 0 Å². The summed E-state index contributed by atoms with van der Waals surface area (Å²) >= 11 is 0. The van der Waals surface area contributed by atoms with E-state index < -0.39 is 5.67 Å². The highest BCUT2D eigenvalue weighted by Crippen LogP contribution is 2.32. The molecule has 0 aromatic rings. The third-order valence-corrected chi connectivity index (χ3v) is 2.56.